The predicted octanol–water partition coefficient (Wildman–Crippen LogP) is 5.27. The van der Waals surface area contributed by atoms with E-state index in [-0.39, 0.29) is 0 Å². The summed E-state index contributed by atoms with van der Waals surface area (Å²) in [5.74, 6) is 0.992. The van der Waals surface area contributed by atoms with Crippen molar-refractivity contribution in [1.82, 2.24) is 0 Å². The number of aliphatic carboxylic acids is 1. The van der Waals surface area contributed by atoms with E-state index in [2.05, 4.69) is 11.8 Å². The normalized spacial score (nSPS) is 33.2. The summed E-state index contributed by atoms with van der Waals surface area (Å²) >= 11 is 2.25. The average molecular weight is 355 g/mol. The van der Waals surface area contributed by atoms with Crippen LogP contribution in [-0.2, 0) is 9.53 Å². The fourth-order valence-corrected chi connectivity index (χ4v) is 7.01. The van der Waals surface area contributed by atoms with E-state index >= 15 is 0 Å². The van der Waals surface area contributed by atoms with Crippen molar-refractivity contribution in [2.45, 2.75) is 100 Å². The minimum atomic E-state index is -0.653. The Hall–Kier alpha value is -0.220. The number of carboxylic acids is 1. The van der Waals surface area contributed by atoms with E-state index in [9.17, 15) is 4.79 Å². The van der Waals surface area contributed by atoms with Gasteiger partial charge in [-0.15, -0.1) is 0 Å². The van der Waals surface area contributed by atoms with Gasteiger partial charge in [-0.2, -0.15) is 11.8 Å². The van der Waals surface area contributed by atoms with E-state index in [0.29, 0.717) is 12.5 Å². The molecule has 0 aromatic heterocycles. The molecule has 1 N–H and O–H groups in total. The van der Waals surface area contributed by atoms with Gasteiger partial charge in [0.1, 0.15) is 0 Å². The van der Waals surface area contributed by atoms with Gasteiger partial charge in [0.25, 0.3) is 0 Å². The van der Waals surface area contributed by atoms with Crippen LogP contribution in [0.15, 0.2) is 0 Å². The number of hydrogen-bond acceptors (Lipinski definition) is 3. The topological polar surface area (TPSA) is 46.5 Å². The molecule has 1 aliphatic carbocycles. The van der Waals surface area contributed by atoms with Crippen LogP contribution >= 0.6 is 11.8 Å². The lowest BCUT2D eigenvalue weighted by Crippen LogP contribution is -2.32. The Labute approximate surface area is 151 Å². The van der Waals surface area contributed by atoms with Crippen molar-refractivity contribution in [3.8, 4) is 0 Å². The number of ether oxygens (including phenoxy) is 1. The first-order valence-electron chi connectivity index (χ1n) is 10.2. The second-order valence-electron chi connectivity index (χ2n) is 8.06. The van der Waals surface area contributed by atoms with Crippen molar-refractivity contribution < 1.29 is 14.6 Å². The molecule has 0 spiro atoms. The van der Waals surface area contributed by atoms with Gasteiger partial charge >= 0.3 is 5.97 Å². The molecule has 3 fully saturated rings. The van der Waals surface area contributed by atoms with Crippen LogP contribution in [0.2, 0.25) is 0 Å². The molecule has 2 heterocycles. The second-order valence-corrected chi connectivity index (χ2v) is 9.54. The summed E-state index contributed by atoms with van der Waals surface area (Å²) in [5.41, 5.74) is 0. The molecule has 0 aromatic carbocycles. The molecule has 1 saturated carbocycles. The highest BCUT2D eigenvalue weighted by molar-refractivity contribution is 8.01. The fraction of sp³-hybridized carbons (Fsp3) is 0.950. The monoisotopic (exact) mass is 354 g/mol. The zero-order valence-electron chi connectivity index (χ0n) is 15.0. The van der Waals surface area contributed by atoms with Gasteiger partial charge in [0.2, 0.25) is 0 Å². The number of carboxylic acid groups (broad SMARTS) is 1. The van der Waals surface area contributed by atoms with Crippen LogP contribution in [0.25, 0.3) is 0 Å². The molecule has 0 amide bonds. The Morgan fingerprint density at radius 2 is 1.62 bits per heavy atom. The van der Waals surface area contributed by atoms with E-state index in [0.717, 1.165) is 41.8 Å². The van der Waals surface area contributed by atoms with Gasteiger partial charge in [-0.25, -0.2) is 0 Å². The van der Waals surface area contributed by atoms with Crippen LogP contribution < -0.4 is 0 Å². The molecule has 3 rings (SSSR count). The molecular weight excluding hydrogens is 320 g/mol. The summed E-state index contributed by atoms with van der Waals surface area (Å²) in [5, 5.41) is 10.4. The van der Waals surface area contributed by atoms with Crippen LogP contribution in [0.1, 0.15) is 83.5 Å². The van der Waals surface area contributed by atoms with E-state index < -0.39 is 5.97 Å². The van der Waals surface area contributed by atoms with Crippen molar-refractivity contribution in [3.05, 3.63) is 0 Å². The van der Waals surface area contributed by atoms with Gasteiger partial charge in [-0.05, 0) is 50.4 Å². The summed E-state index contributed by atoms with van der Waals surface area (Å²) < 4.78 is 6.34. The molecule has 2 saturated heterocycles. The van der Waals surface area contributed by atoms with Gasteiger partial charge in [0, 0.05) is 16.9 Å². The first-order chi connectivity index (χ1) is 11.7. The Kier molecular flexibility index (Phi) is 7.33. The van der Waals surface area contributed by atoms with Gasteiger partial charge in [-0.1, -0.05) is 38.5 Å². The van der Waals surface area contributed by atoms with Crippen LogP contribution in [0.3, 0.4) is 0 Å². The third kappa shape index (κ3) is 5.14. The van der Waals surface area contributed by atoms with Gasteiger partial charge in [0.15, 0.2) is 0 Å². The van der Waals surface area contributed by atoms with Gasteiger partial charge in [-0.3, -0.25) is 4.79 Å². The van der Waals surface area contributed by atoms with Crippen molar-refractivity contribution in [2.75, 3.05) is 6.61 Å². The number of rotatable bonds is 10. The maximum Gasteiger partial charge on any atom is 0.303 e. The molecule has 24 heavy (non-hydrogen) atoms. The van der Waals surface area contributed by atoms with E-state index in [1.807, 2.05) is 0 Å². The zero-order chi connectivity index (χ0) is 16.8. The molecule has 4 heteroatoms. The summed E-state index contributed by atoms with van der Waals surface area (Å²) in [6.45, 7) is 1.00. The van der Waals surface area contributed by atoms with Crippen LogP contribution in [0.4, 0.5) is 0 Å². The van der Waals surface area contributed by atoms with Gasteiger partial charge < -0.3 is 9.84 Å². The number of unbranched alkanes of at least 4 members (excludes halogenated alkanes) is 3. The third-order valence-electron chi connectivity index (χ3n) is 6.34. The van der Waals surface area contributed by atoms with Crippen LogP contribution in [-0.4, -0.2) is 34.3 Å². The highest BCUT2D eigenvalue weighted by atomic mass is 32.2. The highest BCUT2D eigenvalue weighted by Gasteiger charge is 2.47. The molecule has 138 valence electrons. The Morgan fingerprint density at radius 3 is 2.38 bits per heavy atom. The smallest absolute Gasteiger partial charge is 0.303 e. The van der Waals surface area contributed by atoms with E-state index in [4.69, 9.17) is 9.84 Å². The molecule has 0 aromatic rings. The lowest BCUT2D eigenvalue weighted by molar-refractivity contribution is -0.137. The molecule has 0 unspecified atom stereocenters. The molecule has 4 atom stereocenters. The quantitative estimate of drug-likeness (QED) is 0.543. The highest BCUT2D eigenvalue weighted by Crippen LogP contribution is 2.54. The average Bonchev–Trinajstić information content (AvgIpc) is 3.18. The fourth-order valence-electron chi connectivity index (χ4n) is 4.99. The summed E-state index contributed by atoms with van der Waals surface area (Å²) in [7, 11) is 0. The molecule has 2 bridgehead atoms. The number of fused-ring (bicyclic) bond motifs is 2. The van der Waals surface area contributed by atoms with Crippen molar-refractivity contribution in [1.29, 1.82) is 0 Å². The minimum absolute atomic E-state index is 0.335. The van der Waals surface area contributed by atoms with E-state index in [1.54, 1.807) is 0 Å². The largest absolute Gasteiger partial charge is 0.481 e. The van der Waals surface area contributed by atoms with Crippen molar-refractivity contribution >= 4 is 17.7 Å². The predicted molar refractivity (Wildman–Crippen MR) is 99.5 cm³/mol. The summed E-state index contributed by atoms with van der Waals surface area (Å²) in [4.78, 5) is 10.6. The second kappa shape index (κ2) is 9.47. The first-order valence-corrected chi connectivity index (χ1v) is 11.2. The van der Waals surface area contributed by atoms with Crippen LogP contribution in [0, 0.1) is 11.8 Å². The number of carbonyl (C=O) groups is 1. The number of hydrogen-bond donors (Lipinski definition) is 1. The minimum Gasteiger partial charge on any atom is -0.481 e. The number of thioether (sulfide) groups is 1. The Balaban J connectivity index is 1.37. The summed E-state index contributed by atoms with van der Waals surface area (Å²) in [6.07, 6.45) is 16.1. The standard InChI is InChI=1S/C20H34O3S/c21-20(22)11-7-2-1-6-10-16-17(19-13-12-18(16)24-19)14-23-15-8-4-3-5-9-15/h15-19H,1-14H2,(H,21,22)/t16-,17+,18-,19+/m1/s1. The van der Waals surface area contributed by atoms with Crippen LogP contribution in [0.5, 0.6) is 0 Å². The Morgan fingerprint density at radius 1 is 0.917 bits per heavy atom. The summed E-state index contributed by atoms with van der Waals surface area (Å²) in [6, 6.07) is 0. The maximum atomic E-state index is 10.6. The Bertz CT molecular complexity index is 394. The first kappa shape index (κ1) is 18.6. The molecule has 2 aliphatic heterocycles. The SMILES string of the molecule is O=C(O)CCCCCC[C@@H]1[C@H](COC2CCCCC2)[C@@H]2CC[C@H]1S2. The molecule has 0 radical (unpaired) electrons. The van der Waals surface area contributed by atoms with Crippen molar-refractivity contribution in [2.24, 2.45) is 11.8 Å². The van der Waals surface area contributed by atoms with Crippen molar-refractivity contribution in [3.63, 3.8) is 0 Å². The van der Waals surface area contributed by atoms with Gasteiger partial charge in [0.05, 0.1) is 12.7 Å². The zero-order valence-corrected chi connectivity index (χ0v) is 15.8. The molecule has 3 nitrogen and oxygen atoms in total. The maximum absolute atomic E-state index is 10.6. The third-order valence-corrected chi connectivity index (χ3v) is 8.21. The molecular formula is C20H34O3S. The van der Waals surface area contributed by atoms with E-state index in [1.165, 1.54) is 64.2 Å². The molecule has 3 aliphatic rings. The lowest BCUT2D eigenvalue weighted by atomic mass is 9.77. The lowest BCUT2D eigenvalue weighted by Gasteiger charge is -2.32.